The zero-order valence-corrected chi connectivity index (χ0v) is 74.7. The molecule has 7 N–H and O–H groups in total. The zero-order chi connectivity index (χ0) is 91.5. The number of aliphatic imine (C=N–C) groups is 2. The molecule has 0 radical (unpaired) electrons. The molecule has 8 atom stereocenters. The van der Waals surface area contributed by atoms with Crippen LogP contribution in [0, 0.1) is 11.8 Å². The van der Waals surface area contributed by atoms with Crippen molar-refractivity contribution in [3.63, 3.8) is 0 Å². The van der Waals surface area contributed by atoms with E-state index in [-0.39, 0.29) is 67.2 Å². The van der Waals surface area contributed by atoms with Gasteiger partial charge in [-0.2, -0.15) is 0 Å². The van der Waals surface area contributed by atoms with Crippen LogP contribution in [-0.4, -0.2) is 195 Å². The number of hydrogen-bond acceptors (Lipinski definition) is 20. The summed E-state index contributed by atoms with van der Waals surface area (Å²) in [4.78, 5) is 147. The molecule has 0 saturated carbocycles. The van der Waals surface area contributed by atoms with Gasteiger partial charge in [-0.15, -0.1) is 0 Å². The molecule has 0 bridgehead atoms. The van der Waals surface area contributed by atoms with Crippen LogP contribution < -0.4 is 30.7 Å². The molecule has 2 aromatic heterocycles. The Hall–Kier alpha value is -14.1. The molecule has 18 rings (SSSR count). The number of H-pyrrole nitrogens is 2. The third-order valence-corrected chi connectivity index (χ3v) is 25.4. The Bertz CT molecular complexity index is 6100. The van der Waals surface area contributed by atoms with Crippen molar-refractivity contribution in [3.05, 3.63) is 203 Å². The summed E-state index contributed by atoms with van der Waals surface area (Å²) < 4.78 is 37.4. The summed E-state index contributed by atoms with van der Waals surface area (Å²) in [5.41, 5.74) is 16.8. The average Bonchev–Trinajstić information content (AvgIpc) is 1.67. The van der Waals surface area contributed by atoms with E-state index in [1.165, 1.54) is 34.0 Å². The minimum absolute atomic E-state index is 0. The number of amides is 8. The molecular formula is C100H112N14O17. The minimum atomic E-state index is -1.13. The van der Waals surface area contributed by atoms with Crippen molar-refractivity contribution in [1.82, 2.24) is 60.8 Å². The third-order valence-electron chi connectivity index (χ3n) is 25.4. The van der Waals surface area contributed by atoms with Gasteiger partial charge in [0, 0.05) is 61.6 Å². The smallest absolute Gasteiger partial charge is 0.410 e. The lowest BCUT2D eigenvalue weighted by Gasteiger charge is -2.30. The van der Waals surface area contributed by atoms with Crippen molar-refractivity contribution < 1.29 is 81.4 Å². The summed E-state index contributed by atoms with van der Waals surface area (Å²) in [6, 6.07) is 43.4. The van der Waals surface area contributed by atoms with Crippen LogP contribution in [0.5, 0.6) is 11.5 Å². The van der Waals surface area contributed by atoms with Crippen molar-refractivity contribution in [1.29, 1.82) is 0 Å². The topological polar surface area (TPSA) is 382 Å². The maximum atomic E-state index is 14.1. The molecule has 0 unspecified atom stereocenters. The average molecular weight is 1780 g/mol. The van der Waals surface area contributed by atoms with Crippen LogP contribution in [0.1, 0.15) is 176 Å². The highest BCUT2D eigenvalue weighted by Gasteiger charge is 2.44. The predicted molar refractivity (Wildman–Crippen MR) is 494 cm³/mol. The number of carboxylic acid groups (broad SMARTS) is 1. The molecule has 31 heteroatoms. The van der Waals surface area contributed by atoms with Crippen LogP contribution in [-0.2, 0) is 68.9 Å². The molecule has 8 aliphatic rings. The van der Waals surface area contributed by atoms with Crippen molar-refractivity contribution >= 4 is 98.5 Å². The predicted octanol–water partition coefficient (Wildman–Crippen LogP) is 17.2. The number of carboxylic acids is 1. The normalized spacial score (nSPS) is 18.1. The molecule has 8 aliphatic heterocycles. The maximum absolute atomic E-state index is 14.1. The van der Waals surface area contributed by atoms with E-state index >= 15 is 0 Å². The molecule has 684 valence electrons. The van der Waals surface area contributed by atoms with Crippen molar-refractivity contribution in [2.24, 2.45) is 21.8 Å². The summed E-state index contributed by atoms with van der Waals surface area (Å²) in [7, 11) is 5.06. The number of benzene rings is 8. The van der Waals surface area contributed by atoms with Gasteiger partial charge in [-0.05, 0) is 210 Å². The van der Waals surface area contributed by atoms with Gasteiger partial charge in [0.2, 0.25) is 17.7 Å². The number of nitrogens with zero attached hydrogens (tertiary/aromatic N) is 8. The number of hydrogen-bond donors (Lipinski definition) is 7. The van der Waals surface area contributed by atoms with Gasteiger partial charge in [-0.3, -0.25) is 29.3 Å². The number of carbonyl (C=O) groups is 9. The Morgan fingerprint density at radius 1 is 0.458 bits per heavy atom. The molecule has 131 heavy (non-hydrogen) atoms. The SMILES string of the molecule is C.COC(=O)N[C@@H](C(=O)O)c1ccccc1.COC(=O)N[C@H](C(=O)N1CCC[C@H]1c1ncc(-c2ccc3c(c2)COc2cc4c5c(ccc4cc2-3)N=C([C@@H]2CCCN2C(=O)OC(C)(C)C)C5)[nH]1)C(C)C.COC(=O)N[C@H](C(=O)N1CCC[C@H]1c1ncc(-c2ccc3c(c2)COc2cc4c5c(ccc4cc2-3)N=C([C@@H]2CCCN2C(=O)[C@H](NC(=O)OC)c2ccccc2)C5)[nH]1)C(C)C. The van der Waals surface area contributed by atoms with Crippen LogP contribution >= 0.6 is 0 Å². The fraction of sp³-hybridized carbons (Fsp3) is 0.390. The van der Waals surface area contributed by atoms with Gasteiger partial charge in [-0.1, -0.05) is 132 Å². The molecule has 0 aliphatic carbocycles. The Kier molecular flexibility index (Phi) is 27.3. The molecule has 4 saturated heterocycles. The first-order valence-corrected chi connectivity index (χ1v) is 44.2. The van der Waals surface area contributed by atoms with Gasteiger partial charge >= 0.3 is 36.4 Å². The van der Waals surface area contributed by atoms with E-state index in [9.17, 15) is 43.2 Å². The highest BCUT2D eigenvalue weighted by atomic mass is 16.6. The highest BCUT2D eigenvalue weighted by molar-refractivity contribution is 6.08. The number of fused-ring (bicyclic) bond motifs is 12. The second-order valence-electron chi connectivity index (χ2n) is 35.4. The van der Waals surface area contributed by atoms with E-state index in [4.69, 9.17) is 53.5 Å². The molecule has 10 aromatic rings. The Morgan fingerprint density at radius 3 is 1.26 bits per heavy atom. The minimum Gasteiger partial charge on any atom is -0.488 e. The van der Waals surface area contributed by atoms with Crippen LogP contribution in [0.2, 0.25) is 0 Å². The Morgan fingerprint density at radius 2 is 0.847 bits per heavy atom. The van der Waals surface area contributed by atoms with Crippen molar-refractivity contribution in [3.8, 4) is 56.3 Å². The lowest BCUT2D eigenvalue weighted by Crippen LogP contribution is -2.51. The summed E-state index contributed by atoms with van der Waals surface area (Å²) in [5.74, 6) is 1.28. The number of likely N-dealkylation sites (tertiary alicyclic amines) is 4. The number of aliphatic carboxylic acids is 1. The standard InChI is InChI=1S/C47H49N7O7.C42H48N6O6.C10H11NO4.CH4/c1-26(2)41(51-46(57)59-3)44(55)54-19-9-13-39(54)43-48-24-37(50-43)29-14-16-31-30(20-29)25-61-40-23-32-28(21-34(31)40)15-17-35-33(32)22-36(49-35)38-12-8-18-53(38)45(56)42(52-47(58)60-4)27-10-6-5-7-11-27;1-23(2)37(46-40(50)52-6)39(49)47-15-8-10-35(47)38-43-21-33(45-38)25-11-13-27-26(17-25)22-53-36-20-28-24(18-30(27)36)12-14-31-29(28)19-32(44-31)34-9-7-16-48(34)41(51)54-42(3,4)5;1-15-10(14)11-8(9(12)13)7-5-3-2-4-6-7;/h5-7,10-11,14-17,20-21,23-24,26,38-39,41-42H,8-9,12-13,18-19,22,25H2,1-4H3,(H,48,50)(H,51,57)(H,52,58);11-14,17-18,20-21,23,34-35,37H,7-10,15-16,19,22H2,1-6H3,(H,43,45)(H,46,50);2-6,8H,1H3,(H,11,14)(H,12,13);1H4/t38-,39-,41-,42+;34-,35-,37-;8-;/m001./s1. The number of carbonyl (C=O) groups excluding carboxylic acids is 8. The van der Waals surface area contributed by atoms with Crippen LogP contribution in [0.4, 0.5) is 35.3 Å². The number of aromatic nitrogens is 4. The number of ether oxygens (including phenoxy) is 7. The Labute approximate surface area is 759 Å². The highest BCUT2D eigenvalue weighted by Crippen LogP contribution is 2.49. The first-order valence-electron chi connectivity index (χ1n) is 44.2. The summed E-state index contributed by atoms with van der Waals surface area (Å²) >= 11 is 0. The van der Waals surface area contributed by atoms with Gasteiger partial charge in [0.15, 0.2) is 6.04 Å². The van der Waals surface area contributed by atoms with Crippen LogP contribution in [0.3, 0.4) is 0 Å². The molecule has 31 nitrogen and oxygen atoms in total. The lowest BCUT2D eigenvalue weighted by molar-refractivity contribution is -0.139. The first-order chi connectivity index (χ1) is 62.6. The number of alkyl carbamates (subject to hydrolysis) is 4. The van der Waals surface area contributed by atoms with Crippen molar-refractivity contribution in [2.75, 3.05) is 54.6 Å². The largest absolute Gasteiger partial charge is 0.488 e. The third kappa shape index (κ3) is 19.3. The second kappa shape index (κ2) is 39.1. The fourth-order valence-electron chi connectivity index (χ4n) is 18.9. The second-order valence-corrected chi connectivity index (χ2v) is 35.4. The van der Waals surface area contributed by atoms with Crippen LogP contribution in [0.15, 0.2) is 168 Å². The van der Waals surface area contributed by atoms with E-state index < -0.39 is 60.1 Å². The van der Waals surface area contributed by atoms with Gasteiger partial charge in [0.1, 0.15) is 60.1 Å². The van der Waals surface area contributed by atoms with Gasteiger partial charge < -0.3 is 84.2 Å². The van der Waals surface area contributed by atoms with Gasteiger partial charge in [0.05, 0.1) is 87.8 Å². The molecule has 10 heterocycles. The molecule has 8 amide bonds. The van der Waals surface area contributed by atoms with E-state index in [0.29, 0.717) is 69.2 Å². The summed E-state index contributed by atoms with van der Waals surface area (Å²) in [6.07, 6.45) is 8.68. The molecule has 8 aromatic carbocycles. The zero-order valence-electron chi connectivity index (χ0n) is 74.7. The van der Waals surface area contributed by atoms with E-state index in [1.807, 2.05) is 111 Å². The molecule has 4 fully saturated rings. The van der Waals surface area contributed by atoms with Gasteiger partial charge in [-0.25, -0.2) is 38.7 Å². The lowest BCUT2D eigenvalue weighted by atomic mass is 9.90. The van der Waals surface area contributed by atoms with E-state index in [0.717, 1.165) is 174 Å². The summed E-state index contributed by atoms with van der Waals surface area (Å²) in [6.45, 7) is 16.6. The number of imidazole rings is 2. The summed E-state index contributed by atoms with van der Waals surface area (Å²) in [5, 5.41) is 23.7. The molecule has 0 spiro atoms. The number of rotatable bonds is 18. The van der Waals surface area contributed by atoms with Crippen molar-refractivity contribution in [2.45, 2.75) is 187 Å². The van der Waals surface area contributed by atoms with Gasteiger partial charge in [0.25, 0.3) is 0 Å². The maximum Gasteiger partial charge on any atom is 0.410 e. The number of nitrogens with one attached hydrogen (secondary N) is 6. The number of methoxy groups -OCH3 is 4. The Balaban J connectivity index is 0.000000173. The van der Waals surface area contributed by atoms with Crippen LogP contribution in [0.25, 0.3) is 66.3 Å². The van der Waals surface area contributed by atoms with E-state index in [2.05, 4.69) is 121 Å². The first kappa shape index (κ1) is 91.6. The number of aromatic amines is 2. The quantitative estimate of drug-likeness (QED) is 0.0392. The monoisotopic (exact) mass is 1780 g/mol. The van der Waals surface area contributed by atoms with E-state index in [1.54, 1.807) is 30.3 Å². The molecular weight excluding hydrogens is 1670 g/mol. The fourth-order valence-corrected chi connectivity index (χ4v) is 18.9.